The van der Waals surface area contributed by atoms with Gasteiger partial charge in [-0.1, -0.05) is 43.7 Å². The monoisotopic (exact) mass is 379 g/mol. The first kappa shape index (κ1) is 19.8. The first-order valence-electron chi connectivity index (χ1n) is 8.43. The van der Waals surface area contributed by atoms with Crippen LogP contribution in [0.5, 0.6) is 0 Å². The molecule has 7 nitrogen and oxygen atoms in total. The van der Waals surface area contributed by atoms with Gasteiger partial charge in [0.05, 0.1) is 0 Å². The lowest BCUT2D eigenvalue weighted by atomic mass is 10.1. The number of aromatic nitrogens is 2. The molecule has 0 bridgehead atoms. The van der Waals surface area contributed by atoms with Gasteiger partial charge in [-0.25, -0.2) is 9.18 Å². The van der Waals surface area contributed by atoms with Crippen molar-refractivity contribution in [3.05, 3.63) is 40.7 Å². The van der Waals surface area contributed by atoms with E-state index in [-0.39, 0.29) is 18.3 Å². The molecule has 1 heterocycles. The van der Waals surface area contributed by atoms with Crippen LogP contribution in [0, 0.1) is 5.82 Å². The van der Waals surface area contributed by atoms with Gasteiger partial charge in [0.25, 0.3) is 0 Å². The van der Waals surface area contributed by atoms with Gasteiger partial charge in [-0.05, 0) is 30.5 Å². The maximum Gasteiger partial charge on any atom is 0.315 e. The topological polar surface area (TPSA) is 96.0 Å². The predicted octanol–water partition coefficient (Wildman–Crippen LogP) is 2.85. The van der Waals surface area contributed by atoms with Crippen molar-refractivity contribution in [3.63, 3.8) is 0 Å². The molecule has 0 radical (unpaired) electrons. The number of carbonyl (C=O) groups is 2. The Kier molecular flexibility index (Phi) is 7.46. The molecule has 26 heavy (non-hydrogen) atoms. The molecule has 0 aliphatic rings. The molecular formula is C17H22FN5O2S. The number of rotatable bonds is 8. The number of halogens is 1. The van der Waals surface area contributed by atoms with Gasteiger partial charge in [-0.15, -0.1) is 10.2 Å². The second-order valence-electron chi connectivity index (χ2n) is 5.64. The zero-order chi connectivity index (χ0) is 18.9. The third-order valence-corrected chi connectivity index (χ3v) is 4.55. The largest absolute Gasteiger partial charge is 0.334 e. The molecule has 0 aliphatic heterocycles. The molecule has 1 aromatic carbocycles. The van der Waals surface area contributed by atoms with Crippen LogP contribution < -0.4 is 16.0 Å². The number of nitrogens with one attached hydrogen (secondary N) is 3. The van der Waals surface area contributed by atoms with Gasteiger partial charge >= 0.3 is 6.03 Å². The van der Waals surface area contributed by atoms with E-state index in [0.29, 0.717) is 11.6 Å². The van der Waals surface area contributed by atoms with Crippen LogP contribution in [0.4, 0.5) is 14.3 Å². The first-order chi connectivity index (χ1) is 12.5. The number of aryl methyl sites for hydroxylation is 1. The molecule has 1 atom stereocenters. The van der Waals surface area contributed by atoms with E-state index in [9.17, 15) is 14.0 Å². The van der Waals surface area contributed by atoms with E-state index in [2.05, 4.69) is 26.1 Å². The summed E-state index contributed by atoms with van der Waals surface area (Å²) < 4.78 is 12.9. The van der Waals surface area contributed by atoms with Crippen LogP contribution in [0.2, 0.25) is 0 Å². The minimum absolute atomic E-state index is 0.239. The second kappa shape index (κ2) is 9.81. The standard InChI is InChI=1S/C17H22FN5O2S/c1-3-5-13(15(24)21-17-23-22-14(4-2)26-17)20-16(25)19-10-11-6-8-12(18)9-7-11/h6-9,13H,3-5,10H2,1-2H3,(H2,19,20,25)(H,21,23,24). The minimum atomic E-state index is -0.679. The highest BCUT2D eigenvalue weighted by atomic mass is 32.1. The third-order valence-electron chi connectivity index (χ3n) is 3.56. The Morgan fingerprint density at radius 1 is 1.19 bits per heavy atom. The van der Waals surface area contributed by atoms with Crippen molar-refractivity contribution in [3.8, 4) is 0 Å². The maximum atomic E-state index is 12.9. The summed E-state index contributed by atoms with van der Waals surface area (Å²) in [6.07, 6.45) is 1.97. The molecule has 0 saturated carbocycles. The van der Waals surface area contributed by atoms with Gasteiger partial charge < -0.3 is 10.6 Å². The Labute approximate surface area is 155 Å². The number of hydrogen-bond acceptors (Lipinski definition) is 5. The van der Waals surface area contributed by atoms with Crippen molar-refractivity contribution in [1.29, 1.82) is 0 Å². The molecule has 2 aromatic rings. The summed E-state index contributed by atoms with van der Waals surface area (Å²) in [5.74, 6) is -0.664. The van der Waals surface area contributed by atoms with Crippen LogP contribution in [-0.2, 0) is 17.8 Å². The van der Waals surface area contributed by atoms with E-state index in [4.69, 9.17) is 0 Å². The Balaban J connectivity index is 1.87. The highest BCUT2D eigenvalue weighted by Crippen LogP contribution is 2.16. The molecule has 140 valence electrons. The maximum absolute atomic E-state index is 12.9. The summed E-state index contributed by atoms with van der Waals surface area (Å²) in [5, 5.41) is 17.1. The minimum Gasteiger partial charge on any atom is -0.334 e. The Hall–Kier alpha value is -2.55. The number of carbonyl (C=O) groups excluding carboxylic acids is 2. The fourth-order valence-electron chi connectivity index (χ4n) is 2.19. The number of urea groups is 1. The van der Waals surface area contributed by atoms with Gasteiger partial charge in [-0.3, -0.25) is 10.1 Å². The van der Waals surface area contributed by atoms with Crippen molar-refractivity contribution in [2.45, 2.75) is 45.7 Å². The van der Waals surface area contributed by atoms with Crippen LogP contribution in [0.15, 0.2) is 24.3 Å². The SMILES string of the molecule is CCCC(NC(=O)NCc1ccc(F)cc1)C(=O)Nc1nnc(CC)s1. The normalized spacial score (nSPS) is 11.7. The number of hydrogen-bond donors (Lipinski definition) is 3. The zero-order valence-corrected chi connectivity index (χ0v) is 15.5. The molecule has 2 rings (SSSR count). The molecular weight excluding hydrogens is 357 g/mol. The molecule has 0 aliphatic carbocycles. The highest BCUT2D eigenvalue weighted by Gasteiger charge is 2.21. The van der Waals surface area contributed by atoms with E-state index in [1.54, 1.807) is 12.1 Å². The lowest BCUT2D eigenvalue weighted by Crippen LogP contribution is -2.47. The van der Waals surface area contributed by atoms with Gasteiger partial charge in [0, 0.05) is 6.54 Å². The van der Waals surface area contributed by atoms with Crippen LogP contribution in [0.1, 0.15) is 37.3 Å². The Bertz CT molecular complexity index is 735. The van der Waals surface area contributed by atoms with Gasteiger partial charge in [0.2, 0.25) is 11.0 Å². The van der Waals surface area contributed by atoms with Crippen molar-refractivity contribution in [2.75, 3.05) is 5.32 Å². The number of amides is 3. The summed E-state index contributed by atoms with van der Waals surface area (Å²) >= 11 is 1.31. The van der Waals surface area contributed by atoms with Crippen molar-refractivity contribution < 1.29 is 14.0 Å². The highest BCUT2D eigenvalue weighted by molar-refractivity contribution is 7.15. The van der Waals surface area contributed by atoms with Gasteiger partial charge in [0.1, 0.15) is 16.9 Å². The van der Waals surface area contributed by atoms with Crippen LogP contribution in [0.25, 0.3) is 0 Å². The fourth-order valence-corrected chi connectivity index (χ4v) is 2.87. The van der Waals surface area contributed by atoms with Gasteiger partial charge in [-0.2, -0.15) is 0 Å². The van der Waals surface area contributed by atoms with E-state index in [1.165, 1.54) is 23.5 Å². The Morgan fingerprint density at radius 2 is 1.92 bits per heavy atom. The summed E-state index contributed by atoms with van der Waals surface area (Å²) in [6.45, 7) is 4.13. The zero-order valence-electron chi connectivity index (χ0n) is 14.7. The molecule has 9 heteroatoms. The first-order valence-corrected chi connectivity index (χ1v) is 9.25. The van der Waals surface area contributed by atoms with E-state index in [1.807, 2.05) is 13.8 Å². The van der Waals surface area contributed by atoms with Crippen molar-refractivity contribution in [1.82, 2.24) is 20.8 Å². The molecule has 1 aromatic heterocycles. The summed E-state index contributed by atoms with van der Waals surface area (Å²) in [7, 11) is 0. The summed E-state index contributed by atoms with van der Waals surface area (Å²) in [6, 6.07) is 4.69. The molecule has 0 fully saturated rings. The third kappa shape index (κ3) is 6.07. The quantitative estimate of drug-likeness (QED) is 0.657. The van der Waals surface area contributed by atoms with Crippen LogP contribution in [0.3, 0.4) is 0 Å². The average molecular weight is 379 g/mol. The summed E-state index contributed by atoms with van der Waals surface area (Å²) in [4.78, 5) is 24.5. The van der Waals surface area contributed by atoms with E-state index >= 15 is 0 Å². The second-order valence-corrected chi connectivity index (χ2v) is 6.70. The predicted molar refractivity (Wildman–Crippen MR) is 98.4 cm³/mol. The molecule has 3 N–H and O–H groups in total. The molecule has 0 saturated heterocycles. The number of nitrogens with zero attached hydrogens (tertiary/aromatic N) is 2. The van der Waals surface area contributed by atoms with E-state index < -0.39 is 12.1 Å². The number of anilines is 1. The van der Waals surface area contributed by atoms with E-state index in [0.717, 1.165) is 23.4 Å². The lowest BCUT2D eigenvalue weighted by Gasteiger charge is -2.17. The number of benzene rings is 1. The van der Waals surface area contributed by atoms with Crippen molar-refractivity contribution in [2.24, 2.45) is 0 Å². The van der Waals surface area contributed by atoms with Gasteiger partial charge in [0.15, 0.2) is 0 Å². The van der Waals surface area contributed by atoms with Crippen LogP contribution >= 0.6 is 11.3 Å². The summed E-state index contributed by atoms with van der Waals surface area (Å²) in [5.41, 5.74) is 0.763. The van der Waals surface area contributed by atoms with Crippen LogP contribution in [-0.4, -0.2) is 28.2 Å². The smallest absolute Gasteiger partial charge is 0.315 e. The van der Waals surface area contributed by atoms with Crippen molar-refractivity contribution >= 4 is 28.4 Å². The molecule has 1 unspecified atom stereocenters. The molecule has 3 amide bonds. The lowest BCUT2D eigenvalue weighted by molar-refractivity contribution is -0.118. The Morgan fingerprint density at radius 3 is 2.54 bits per heavy atom. The molecule has 0 spiro atoms. The average Bonchev–Trinajstić information content (AvgIpc) is 3.08. The fraction of sp³-hybridized carbons (Fsp3) is 0.412.